The van der Waals surface area contributed by atoms with E-state index in [1.165, 1.54) is 0 Å². The Morgan fingerprint density at radius 2 is 1.87 bits per heavy atom. The van der Waals surface area contributed by atoms with Crippen LogP contribution in [0.5, 0.6) is 0 Å². The van der Waals surface area contributed by atoms with Gasteiger partial charge in [-0.3, -0.25) is 24.1 Å². The van der Waals surface area contributed by atoms with E-state index in [-0.39, 0.29) is 54.4 Å². The molecular formula is C22H25N3O4S. The summed E-state index contributed by atoms with van der Waals surface area (Å²) in [6.45, 7) is 0.774. The molecule has 3 aliphatic rings. The average Bonchev–Trinajstić information content (AvgIpc) is 3.45. The third kappa shape index (κ3) is 4.43. The van der Waals surface area contributed by atoms with Crippen LogP contribution in [0.25, 0.3) is 6.08 Å². The topological polar surface area (TPSA) is 86.8 Å². The lowest BCUT2D eigenvalue weighted by atomic mass is 10.1. The monoisotopic (exact) mass is 427 g/mol. The predicted molar refractivity (Wildman–Crippen MR) is 114 cm³/mol. The summed E-state index contributed by atoms with van der Waals surface area (Å²) in [5.74, 6) is -0.827. The minimum absolute atomic E-state index is 0.0547. The van der Waals surface area contributed by atoms with Crippen LogP contribution in [0, 0.1) is 5.92 Å². The molecule has 158 valence electrons. The summed E-state index contributed by atoms with van der Waals surface area (Å²) >= 11 is 0.910. The number of nitrogens with one attached hydrogen (secondary N) is 1. The average molecular weight is 428 g/mol. The van der Waals surface area contributed by atoms with E-state index in [1.807, 2.05) is 35.2 Å². The number of hydrogen-bond donors (Lipinski definition) is 1. The van der Waals surface area contributed by atoms with Crippen LogP contribution in [0.1, 0.15) is 37.7 Å². The molecule has 0 bridgehead atoms. The van der Waals surface area contributed by atoms with Gasteiger partial charge in [-0.25, -0.2) is 0 Å². The Bertz CT molecular complexity index is 880. The van der Waals surface area contributed by atoms with Gasteiger partial charge in [0.2, 0.25) is 11.8 Å². The second-order valence-corrected chi connectivity index (χ2v) is 8.91. The quantitative estimate of drug-likeness (QED) is 0.706. The normalized spacial score (nSPS) is 23.8. The van der Waals surface area contributed by atoms with E-state index in [9.17, 15) is 19.2 Å². The molecule has 1 saturated carbocycles. The van der Waals surface area contributed by atoms with E-state index in [1.54, 1.807) is 6.08 Å². The van der Waals surface area contributed by atoms with E-state index in [2.05, 4.69) is 5.32 Å². The number of likely N-dealkylation sites (tertiary alicyclic amines) is 1. The van der Waals surface area contributed by atoms with Gasteiger partial charge < -0.3 is 10.2 Å². The second kappa shape index (κ2) is 9.04. The molecule has 0 aromatic heterocycles. The van der Waals surface area contributed by atoms with Gasteiger partial charge in [-0.1, -0.05) is 43.2 Å². The highest BCUT2D eigenvalue weighted by molar-refractivity contribution is 8.18. The first-order valence-electron chi connectivity index (χ1n) is 10.4. The van der Waals surface area contributed by atoms with Gasteiger partial charge >= 0.3 is 0 Å². The molecule has 1 aromatic carbocycles. The molecule has 1 aromatic rings. The first kappa shape index (κ1) is 20.7. The van der Waals surface area contributed by atoms with Crippen LogP contribution >= 0.6 is 11.8 Å². The highest BCUT2D eigenvalue weighted by atomic mass is 32.2. The summed E-state index contributed by atoms with van der Waals surface area (Å²) < 4.78 is 0. The Kier molecular flexibility index (Phi) is 6.22. The van der Waals surface area contributed by atoms with Crippen molar-refractivity contribution < 1.29 is 19.2 Å². The van der Waals surface area contributed by atoms with Crippen molar-refractivity contribution in [2.75, 3.05) is 19.6 Å². The molecule has 1 aliphatic carbocycles. The van der Waals surface area contributed by atoms with Crippen molar-refractivity contribution in [3.63, 3.8) is 0 Å². The van der Waals surface area contributed by atoms with Gasteiger partial charge in [0.25, 0.3) is 11.1 Å². The molecule has 4 amide bonds. The van der Waals surface area contributed by atoms with Crippen molar-refractivity contribution in [3.05, 3.63) is 40.8 Å². The lowest BCUT2D eigenvalue weighted by Gasteiger charge is -2.24. The fourth-order valence-corrected chi connectivity index (χ4v) is 5.17. The molecule has 3 fully saturated rings. The minimum atomic E-state index is -0.356. The Hall–Kier alpha value is -2.61. The van der Waals surface area contributed by atoms with E-state index in [0.29, 0.717) is 11.4 Å². The Labute approximate surface area is 179 Å². The molecule has 1 unspecified atom stereocenters. The number of hydrogen-bond acceptors (Lipinski definition) is 5. The van der Waals surface area contributed by atoms with Gasteiger partial charge in [-0.2, -0.15) is 0 Å². The number of carbonyl (C=O) groups is 4. The highest BCUT2D eigenvalue weighted by Gasteiger charge is 2.39. The van der Waals surface area contributed by atoms with Crippen LogP contribution in [0.2, 0.25) is 0 Å². The summed E-state index contributed by atoms with van der Waals surface area (Å²) in [6.07, 6.45) is 6.27. The molecule has 2 saturated heterocycles. The summed E-state index contributed by atoms with van der Waals surface area (Å²) in [7, 11) is 0. The van der Waals surface area contributed by atoms with Crippen molar-refractivity contribution in [3.8, 4) is 0 Å². The van der Waals surface area contributed by atoms with Gasteiger partial charge in [0, 0.05) is 32.1 Å². The van der Waals surface area contributed by atoms with Gasteiger partial charge in [-0.15, -0.1) is 0 Å². The van der Waals surface area contributed by atoms with E-state index in [4.69, 9.17) is 0 Å². The molecule has 4 rings (SSSR count). The maximum Gasteiger partial charge on any atom is 0.293 e. The maximum absolute atomic E-state index is 12.5. The smallest absolute Gasteiger partial charge is 0.293 e. The van der Waals surface area contributed by atoms with Crippen LogP contribution < -0.4 is 5.32 Å². The Balaban J connectivity index is 1.27. The predicted octanol–water partition coefficient (Wildman–Crippen LogP) is 2.63. The zero-order valence-electron chi connectivity index (χ0n) is 16.7. The molecule has 2 heterocycles. The Morgan fingerprint density at radius 1 is 1.13 bits per heavy atom. The van der Waals surface area contributed by atoms with E-state index in [0.717, 1.165) is 47.9 Å². The fourth-order valence-electron chi connectivity index (χ4n) is 4.30. The largest absolute Gasteiger partial charge is 0.354 e. The summed E-state index contributed by atoms with van der Waals surface area (Å²) in [4.78, 5) is 52.9. The third-order valence-corrected chi connectivity index (χ3v) is 6.81. The summed E-state index contributed by atoms with van der Waals surface area (Å²) in [5.41, 5.74) is 0.856. The third-order valence-electron chi connectivity index (χ3n) is 5.90. The van der Waals surface area contributed by atoms with Crippen LogP contribution in [0.3, 0.4) is 0 Å². The first-order valence-corrected chi connectivity index (χ1v) is 11.2. The van der Waals surface area contributed by atoms with Gasteiger partial charge in [0.15, 0.2) is 0 Å². The zero-order valence-corrected chi connectivity index (χ0v) is 17.5. The van der Waals surface area contributed by atoms with Crippen LogP contribution in [-0.2, 0) is 14.4 Å². The van der Waals surface area contributed by atoms with Crippen molar-refractivity contribution in [2.45, 2.75) is 38.1 Å². The number of rotatable bonds is 6. The summed E-state index contributed by atoms with van der Waals surface area (Å²) in [5, 5.41) is 2.46. The van der Waals surface area contributed by atoms with Crippen molar-refractivity contribution in [1.82, 2.24) is 15.1 Å². The zero-order chi connectivity index (χ0) is 21.1. The highest BCUT2D eigenvalue weighted by Crippen LogP contribution is 2.32. The van der Waals surface area contributed by atoms with Crippen LogP contribution in [-0.4, -0.2) is 58.4 Å². The van der Waals surface area contributed by atoms with Gasteiger partial charge in [0.1, 0.15) is 0 Å². The molecule has 2 aliphatic heterocycles. The van der Waals surface area contributed by atoms with Crippen molar-refractivity contribution >= 4 is 40.8 Å². The molecular weight excluding hydrogens is 402 g/mol. The standard InChI is InChI=1S/C22H25N3O4S/c26-19-13-16(14-25(19)17-8-4-5-9-17)20(27)23-10-11-24-21(28)18(30-22(24)29)12-15-6-2-1-3-7-15/h1-3,6-7,12,16-17H,4-5,8-11,13-14H2,(H,23,27)/b18-12-. The summed E-state index contributed by atoms with van der Waals surface area (Å²) in [6, 6.07) is 9.64. The maximum atomic E-state index is 12.5. The molecule has 8 heteroatoms. The van der Waals surface area contributed by atoms with Gasteiger partial charge in [0.05, 0.1) is 10.8 Å². The number of benzene rings is 1. The molecule has 7 nitrogen and oxygen atoms in total. The lowest BCUT2D eigenvalue weighted by Crippen LogP contribution is -2.40. The first-order chi connectivity index (χ1) is 14.5. The second-order valence-electron chi connectivity index (χ2n) is 7.92. The van der Waals surface area contributed by atoms with Crippen molar-refractivity contribution in [1.29, 1.82) is 0 Å². The minimum Gasteiger partial charge on any atom is -0.354 e. The lowest BCUT2D eigenvalue weighted by molar-refractivity contribution is -0.130. The number of carbonyl (C=O) groups excluding carboxylic acids is 4. The SMILES string of the molecule is O=C(NCCN1C(=O)S/C(=C\c2ccccc2)C1=O)C1CC(=O)N(C2CCCC2)C1. The molecule has 1 N–H and O–H groups in total. The number of nitrogens with zero attached hydrogens (tertiary/aromatic N) is 2. The number of amides is 4. The van der Waals surface area contributed by atoms with Crippen LogP contribution in [0.15, 0.2) is 35.2 Å². The number of imide groups is 1. The van der Waals surface area contributed by atoms with Crippen LogP contribution in [0.4, 0.5) is 4.79 Å². The van der Waals surface area contributed by atoms with E-state index >= 15 is 0 Å². The fraction of sp³-hybridized carbons (Fsp3) is 0.455. The van der Waals surface area contributed by atoms with Gasteiger partial charge in [-0.05, 0) is 36.2 Å². The van der Waals surface area contributed by atoms with E-state index < -0.39 is 0 Å². The number of thioether (sulfide) groups is 1. The van der Waals surface area contributed by atoms with Crippen molar-refractivity contribution in [2.24, 2.45) is 5.92 Å². The Morgan fingerprint density at radius 3 is 2.60 bits per heavy atom. The molecule has 1 atom stereocenters. The molecule has 30 heavy (non-hydrogen) atoms. The molecule has 0 radical (unpaired) electrons. The molecule has 0 spiro atoms.